The number of fused-ring (bicyclic) bond motifs is 4. The summed E-state index contributed by atoms with van der Waals surface area (Å²) in [4.78, 5) is 0. The topological polar surface area (TPSA) is 0 Å². The van der Waals surface area contributed by atoms with E-state index in [-0.39, 0.29) is 5.25 Å². The van der Waals surface area contributed by atoms with Crippen molar-refractivity contribution < 1.29 is 14.9 Å². The first-order valence-corrected chi connectivity index (χ1v) is 22.5. The van der Waals surface area contributed by atoms with Gasteiger partial charge in [-0.1, -0.05) is 0 Å². The van der Waals surface area contributed by atoms with E-state index in [1.54, 1.807) is 11.8 Å². The van der Waals surface area contributed by atoms with E-state index in [2.05, 4.69) is 76.6 Å². The van der Waals surface area contributed by atoms with E-state index in [4.69, 9.17) is 26.4 Å². The summed E-state index contributed by atoms with van der Waals surface area (Å²) in [7, 11) is 19.9. The Labute approximate surface area is 177 Å². The van der Waals surface area contributed by atoms with Gasteiger partial charge in [0.15, 0.2) is 0 Å². The van der Waals surface area contributed by atoms with Gasteiger partial charge in [-0.25, -0.2) is 0 Å². The van der Waals surface area contributed by atoms with E-state index in [9.17, 15) is 0 Å². The molecule has 1 heterocycles. The number of rotatable bonds is 2. The van der Waals surface area contributed by atoms with Gasteiger partial charge in [0.2, 0.25) is 0 Å². The third-order valence-electron chi connectivity index (χ3n) is 5.28. The van der Waals surface area contributed by atoms with Gasteiger partial charge in [-0.3, -0.25) is 0 Å². The molecule has 0 radical (unpaired) electrons. The fourth-order valence-electron chi connectivity index (χ4n) is 4.11. The van der Waals surface area contributed by atoms with E-state index < -0.39 is 14.9 Å². The maximum absolute atomic E-state index is 7.37. The fraction of sp³-hybridized carbons (Fsp3) is 0.100. The third-order valence-corrected chi connectivity index (χ3v) is 22.9. The average molecular weight is 561 g/mol. The van der Waals surface area contributed by atoms with E-state index in [0.29, 0.717) is 0 Å². The van der Waals surface area contributed by atoms with Crippen LogP contribution < -0.4 is 3.27 Å². The molecular weight excluding hydrogens is 546 g/mol. The van der Waals surface area contributed by atoms with Gasteiger partial charge < -0.3 is 0 Å². The summed E-state index contributed by atoms with van der Waals surface area (Å²) >= 11 is 0.822. The minimum atomic E-state index is -4.74. The monoisotopic (exact) mass is 557 g/mol. The molecule has 131 valence electrons. The summed E-state index contributed by atoms with van der Waals surface area (Å²) in [5, 5.41) is 0.250. The Hall–Kier alpha value is 0.303. The molecule has 0 fully saturated rings. The zero-order valence-electron chi connectivity index (χ0n) is 13.5. The first-order valence-electron chi connectivity index (χ1n) is 8.34. The van der Waals surface area contributed by atoms with Gasteiger partial charge in [0.1, 0.15) is 0 Å². The first-order chi connectivity index (χ1) is 12.4. The first kappa shape index (κ1) is 18.3. The Morgan fingerprint density at radius 3 is 2.77 bits per heavy atom. The average Bonchev–Trinajstić information content (AvgIpc) is 3.26. The summed E-state index contributed by atoms with van der Waals surface area (Å²) in [5.74, 6) is 0. The fourth-order valence-corrected chi connectivity index (χ4v) is 26.4. The molecule has 0 saturated carbocycles. The van der Waals surface area contributed by atoms with Crippen molar-refractivity contribution in [2.24, 2.45) is 0 Å². The van der Waals surface area contributed by atoms with E-state index >= 15 is 0 Å². The van der Waals surface area contributed by atoms with E-state index in [0.717, 1.165) is 22.4 Å². The van der Waals surface area contributed by atoms with Crippen LogP contribution in [0.5, 0.6) is 0 Å². The van der Waals surface area contributed by atoms with Crippen LogP contribution in [0.4, 0.5) is 0 Å². The standard InChI is InChI=1S/C11H6BrS.C9H7.2ClH.H2S.Zr/c12-10-6-8-5-7-3-1-2-4-9(7)11(8)13-10;1-2-5-9-7-3-6-8(9)4-1;;;;/h1-5,11H;1-4,7H,6H2;2*1H;1H2;/q;;;;;+3/p-3. The van der Waals surface area contributed by atoms with E-state index in [1.165, 1.54) is 22.3 Å². The molecular formula is C20H14BrCl2S2Zr. The van der Waals surface area contributed by atoms with Crippen LogP contribution in [0.25, 0.3) is 12.2 Å². The predicted octanol–water partition coefficient (Wildman–Crippen LogP) is 7.17. The number of allylic oxidation sites excluding steroid dienone is 2. The molecule has 6 heteroatoms. The van der Waals surface area contributed by atoms with Gasteiger partial charge in [0.05, 0.1) is 0 Å². The van der Waals surface area contributed by atoms with Gasteiger partial charge in [-0.15, -0.1) is 0 Å². The zero-order valence-corrected chi connectivity index (χ0v) is 20.8. The molecule has 2 aromatic carbocycles. The molecule has 0 bridgehead atoms. The van der Waals surface area contributed by atoms with Gasteiger partial charge >= 0.3 is 180 Å². The molecule has 0 nitrogen and oxygen atoms in total. The predicted molar refractivity (Wildman–Crippen MR) is 120 cm³/mol. The van der Waals surface area contributed by atoms with Crippen molar-refractivity contribution in [3.05, 3.63) is 83.5 Å². The van der Waals surface area contributed by atoms with Gasteiger partial charge in [-0.2, -0.15) is 0 Å². The SMILES string of the molecule is [SH][Zr]([Cl])([Cl])([C]1=C(Br)SC2C1=Cc1ccccc12)[c]1cccc2c1C=CC2. The van der Waals surface area contributed by atoms with Crippen LogP contribution in [0.2, 0.25) is 0 Å². The van der Waals surface area contributed by atoms with E-state index in [1.807, 2.05) is 0 Å². The molecule has 1 atom stereocenters. The van der Waals surface area contributed by atoms with Crippen molar-refractivity contribution in [1.82, 2.24) is 0 Å². The Morgan fingerprint density at radius 2 is 1.92 bits per heavy atom. The Kier molecular flexibility index (Phi) is 4.34. The number of thioether (sulfide) groups is 1. The minimum absolute atomic E-state index is 0.250. The van der Waals surface area contributed by atoms with Crippen molar-refractivity contribution in [2.45, 2.75) is 11.7 Å². The Balaban J connectivity index is 1.71. The molecule has 1 unspecified atom stereocenters. The molecule has 1 aliphatic heterocycles. The van der Waals surface area contributed by atoms with Crippen LogP contribution in [-0.4, -0.2) is 0 Å². The zero-order chi connectivity index (χ0) is 18.1. The summed E-state index contributed by atoms with van der Waals surface area (Å²) in [6.07, 6.45) is 7.48. The molecule has 0 aromatic heterocycles. The summed E-state index contributed by atoms with van der Waals surface area (Å²) in [5.41, 5.74) is 6.23. The van der Waals surface area contributed by atoms with Crippen LogP contribution in [0.1, 0.15) is 27.5 Å². The van der Waals surface area contributed by atoms with Gasteiger partial charge in [0, 0.05) is 0 Å². The quantitative estimate of drug-likeness (QED) is 0.380. The molecule has 0 N–H and O–H groups in total. The number of hydrogen-bond acceptors (Lipinski definition) is 2. The molecule has 5 rings (SSSR count). The van der Waals surface area contributed by atoms with Crippen molar-refractivity contribution in [2.75, 3.05) is 0 Å². The van der Waals surface area contributed by atoms with Crippen molar-refractivity contribution in [3.63, 3.8) is 0 Å². The number of thiol groups is 1. The van der Waals surface area contributed by atoms with Crippen LogP contribution in [-0.2, 0) is 21.4 Å². The maximum atomic E-state index is 7.37. The van der Waals surface area contributed by atoms with Crippen LogP contribution >= 0.6 is 54.1 Å². The second-order valence-electron chi connectivity index (χ2n) is 6.83. The van der Waals surface area contributed by atoms with Crippen molar-refractivity contribution >= 4 is 69.5 Å². The Bertz CT molecular complexity index is 1060. The van der Waals surface area contributed by atoms with Crippen molar-refractivity contribution in [3.8, 4) is 0 Å². The van der Waals surface area contributed by atoms with Crippen molar-refractivity contribution in [1.29, 1.82) is 0 Å². The summed E-state index contributed by atoms with van der Waals surface area (Å²) in [6.45, 7) is 0. The number of hydrogen-bond donors (Lipinski definition) is 1. The number of benzene rings is 2. The van der Waals surface area contributed by atoms with Crippen LogP contribution in [0.15, 0.2) is 61.2 Å². The molecule has 0 amide bonds. The molecule has 3 aliphatic rings. The van der Waals surface area contributed by atoms with Crippen LogP contribution in [0.3, 0.4) is 0 Å². The number of halogens is 3. The third kappa shape index (κ3) is 2.60. The van der Waals surface area contributed by atoms with Crippen LogP contribution in [0, 0.1) is 0 Å². The second kappa shape index (κ2) is 6.15. The molecule has 0 spiro atoms. The Morgan fingerprint density at radius 1 is 1.12 bits per heavy atom. The molecule has 0 saturated heterocycles. The molecule has 2 aromatic rings. The van der Waals surface area contributed by atoms with Gasteiger partial charge in [0.25, 0.3) is 0 Å². The summed E-state index contributed by atoms with van der Waals surface area (Å²) < 4.78 is 3.10. The normalized spacial score (nSPS) is 21.9. The molecule has 2 aliphatic carbocycles. The van der Waals surface area contributed by atoms with Gasteiger partial charge in [-0.05, 0) is 0 Å². The summed E-state index contributed by atoms with van der Waals surface area (Å²) in [6, 6.07) is 14.8. The molecule has 26 heavy (non-hydrogen) atoms. The second-order valence-corrected chi connectivity index (χ2v) is 35.1.